The first-order valence-corrected chi connectivity index (χ1v) is 9.32. The molecule has 7 heteroatoms. The van der Waals surface area contributed by atoms with Crippen molar-refractivity contribution in [3.63, 3.8) is 0 Å². The number of aryl methyl sites for hydroxylation is 1. The van der Waals surface area contributed by atoms with Gasteiger partial charge in [0.25, 0.3) is 5.91 Å². The lowest BCUT2D eigenvalue weighted by molar-refractivity contribution is -0.117. The van der Waals surface area contributed by atoms with Gasteiger partial charge < -0.3 is 19.5 Å². The van der Waals surface area contributed by atoms with Crippen molar-refractivity contribution in [1.29, 1.82) is 0 Å². The Morgan fingerprint density at radius 1 is 1.17 bits per heavy atom. The highest BCUT2D eigenvalue weighted by molar-refractivity contribution is 5.98. The first kappa shape index (κ1) is 18.7. The molecule has 0 radical (unpaired) electrons. The molecule has 1 atom stereocenters. The van der Waals surface area contributed by atoms with Crippen LogP contribution in [0.4, 0.5) is 5.69 Å². The second-order valence-corrected chi connectivity index (χ2v) is 7.02. The van der Waals surface area contributed by atoms with Crippen molar-refractivity contribution in [2.75, 3.05) is 18.6 Å². The highest BCUT2D eigenvalue weighted by Gasteiger charge is 2.32. The Bertz CT molecular complexity index is 1020. The number of carbonyl (C=O) groups excluding carboxylic acids is 2. The van der Waals surface area contributed by atoms with Gasteiger partial charge in [0, 0.05) is 30.3 Å². The third-order valence-electron chi connectivity index (χ3n) is 4.92. The van der Waals surface area contributed by atoms with E-state index in [4.69, 9.17) is 9.26 Å². The van der Waals surface area contributed by atoms with Crippen LogP contribution in [0.3, 0.4) is 0 Å². The molecule has 0 aliphatic carbocycles. The lowest BCUT2D eigenvalue weighted by Gasteiger charge is -2.17. The quantitative estimate of drug-likeness (QED) is 0.722. The van der Waals surface area contributed by atoms with Gasteiger partial charge in [-0.3, -0.25) is 9.59 Å². The summed E-state index contributed by atoms with van der Waals surface area (Å²) in [6.45, 7) is 2.40. The molecule has 2 aromatic carbocycles. The fraction of sp³-hybridized carbons (Fsp3) is 0.227. The van der Waals surface area contributed by atoms with Crippen LogP contribution in [0.25, 0.3) is 11.3 Å². The van der Waals surface area contributed by atoms with Gasteiger partial charge in [0.05, 0.1) is 13.2 Å². The number of nitrogens with zero attached hydrogens (tertiary/aromatic N) is 2. The summed E-state index contributed by atoms with van der Waals surface area (Å²) in [6, 6.07) is 16.3. The minimum Gasteiger partial charge on any atom is -0.497 e. The van der Waals surface area contributed by atoms with Crippen molar-refractivity contribution in [3.8, 4) is 17.1 Å². The molecule has 1 aromatic heterocycles. The zero-order valence-electron chi connectivity index (χ0n) is 16.2. The zero-order chi connectivity index (χ0) is 20.4. The first-order valence-electron chi connectivity index (χ1n) is 9.32. The van der Waals surface area contributed by atoms with Gasteiger partial charge in [-0.1, -0.05) is 35.0 Å². The van der Waals surface area contributed by atoms with Gasteiger partial charge in [0.2, 0.25) is 5.91 Å². The molecule has 2 amide bonds. The average Bonchev–Trinajstić information content (AvgIpc) is 3.36. The van der Waals surface area contributed by atoms with Gasteiger partial charge in [0.15, 0.2) is 11.5 Å². The molecule has 7 nitrogen and oxygen atoms in total. The highest BCUT2D eigenvalue weighted by Crippen LogP contribution is 2.25. The van der Waals surface area contributed by atoms with E-state index in [1.165, 1.54) is 0 Å². The molecule has 29 heavy (non-hydrogen) atoms. The number of hydrogen-bond acceptors (Lipinski definition) is 5. The molecule has 4 rings (SSSR count). The number of nitrogens with one attached hydrogen (secondary N) is 1. The Labute approximate surface area is 168 Å². The molecule has 148 valence electrons. The van der Waals surface area contributed by atoms with Crippen LogP contribution in [-0.2, 0) is 4.79 Å². The van der Waals surface area contributed by atoms with E-state index in [1.807, 2.05) is 43.3 Å². The number of aromatic nitrogens is 1. The van der Waals surface area contributed by atoms with Gasteiger partial charge in [0.1, 0.15) is 5.75 Å². The van der Waals surface area contributed by atoms with Crippen LogP contribution in [0, 0.1) is 6.92 Å². The summed E-state index contributed by atoms with van der Waals surface area (Å²) < 4.78 is 10.5. The Balaban J connectivity index is 1.41. The fourth-order valence-corrected chi connectivity index (χ4v) is 3.31. The zero-order valence-corrected chi connectivity index (χ0v) is 16.2. The van der Waals surface area contributed by atoms with Crippen molar-refractivity contribution in [3.05, 3.63) is 65.9 Å². The lowest BCUT2D eigenvalue weighted by Crippen LogP contribution is -2.37. The average molecular weight is 391 g/mol. The van der Waals surface area contributed by atoms with E-state index in [0.717, 1.165) is 22.6 Å². The molecule has 3 aromatic rings. The summed E-state index contributed by atoms with van der Waals surface area (Å²) in [5, 5.41) is 6.75. The molecule has 2 heterocycles. The van der Waals surface area contributed by atoms with Crippen LogP contribution < -0.4 is 15.0 Å². The maximum absolute atomic E-state index is 12.6. The van der Waals surface area contributed by atoms with Crippen molar-refractivity contribution >= 4 is 17.5 Å². The van der Waals surface area contributed by atoms with E-state index in [-0.39, 0.29) is 30.0 Å². The Morgan fingerprint density at radius 2 is 1.90 bits per heavy atom. The maximum atomic E-state index is 12.6. The van der Waals surface area contributed by atoms with Crippen molar-refractivity contribution < 1.29 is 18.8 Å². The third kappa shape index (κ3) is 3.99. The predicted molar refractivity (Wildman–Crippen MR) is 108 cm³/mol. The molecule has 0 saturated carbocycles. The van der Waals surface area contributed by atoms with E-state index >= 15 is 0 Å². The van der Waals surface area contributed by atoms with Gasteiger partial charge in [-0.25, -0.2) is 0 Å². The summed E-state index contributed by atoms with van der Waals surface area (Å²) in [7, 11) is 1.59. The van der Waals surface area contributed by atoms with Crippen LogP contribution in [0.1, 0.15) is 22.5 Å². The van der Waals surface area contributed by atoms with E-state index < -0.39 is 0 Å². The number of amides is 2. The normalized spacial score (nSPS) is 16.1. The number of benzene rings is 2. The molecule has 1 saturated heterocycles. The summed E-state index contributed by atoms with van der Waals surface area (Å²) in [5.41, 5.74) is 2.95. The van der Waals surface area contributed by atoms with Crippen molar-refractivity contribution in [2.45, 2.75) is 19.4 Å². The summed E-state index contributed by atoms with van der Waals surface area (Å²) in [6.07, 6.45) is 0.237. The number of methoxy groups -OCH3 is 1. The number of hydrogen-bond donors (Lipinski definition) is 1. The molecule has 0 spiro atoms. The largest absolute Gasteiger partial charge is 0.497 e. The maximum Gasteiger partial charge on any atom is 0.273 e. The molecule has 0 bridgehead atoms. The van der Waals surface area contributed by atoms with Gasteiger partial charge in [-0.2, -0.15) is 0 Å². The monoisotopic (exact) mass is 391 g/mol. The number of carbonyl (C=O) groups is 2. The first-order chi connectivity index (χ1) is 14.0. The SMILES string of the molecule is COc1ccc(N2CC(NC(=O)c3cc(-c4ccc(C)cc4)on3)CC2=O)cc1. The Kier molecular flexibility index (Phi) is 5.03. The number of anilines is 1. The van der Waals surface area contributed by atoms with Gasteiger partial charge in [-0.05, 0) is 31.2 Å². The van der Waals surface area contributed by atoms with E-state index in [2.05, 4.69) is 10.5 Å². The van der Waals surface area contributed by atoms with Gasteiger partial charge in [-0.15, -0.1) is 0 Å². The molecule has 1 fully saturated rings. The van der Waals surface area contributed by atoms with Crippen molar-refractivity contribution in [1.82, 2.24) is 10.5 Å². The molecule has 1 N–H and O–H groups in total. The summed E-state index contributed by atoms with van der Waals surface area (Å²) in [4.78, 5) is 26.6. The molecule has 1 aliphatic rings. The van der Waals surface area contributed by atoms with Gasteiger partial charge >= 0.3 is 0 Å². The number of ether oxygens (including phenoxy) is 1. The molecule has 1 aliphatic heterocycles. The second-order valence-electron chi connectivity index (χ2n) is 7.02. The minimum absolute atomic E-state index is 0.0408. The lowest BCUT2D eigenvalue weighted by atomic mass is 10.1. The Morgan fingerprint density at radius 3 is 2.59 bits per heavy atom. The highest BCUT2D eigenvalue weighted by atomic mass is 16.5. The number of rotatable bonds is 5. The van der Waals surface area contributed by atoms with Crippen LogP contribution in [0.2, 0.25) is 0 Å². The molecular formula is C22H21N3O4. The molecular weight excluding hydrogens is 370 g/mol. The second kappa shape index (κ2) is 7.79. The predicted octanol–water partition coefficient (Wildman–Crippen LogP) is 3.19. The van der Waals surface area contributed by atoms with E-state index in [9.17, 15) is 9.59 Å². The van der Waals surface area contributed by atoms with Crippen LogP contribution in [0.15, 0.2) is 59.1 Å². The summed E-state index contributed by atoms with van der Waals surface area (Å²) >= 11 is 0. The van der Waals surface area contributed by atoms with Crippen molar-refractivity contribution in [2.24, 2.45) is 0 Å². The van der Waals surface area contributed by atoms with Crippen LogP contribution in [-0.4, -0.2) is 36.7 Å². The standard InChI is InChI=1S/C22H21N3O4/c1-14-3-5-15(6-4-14)20-12-19(24-29-20)22(27)23-16-11-21(26)25(13-16)17-7-9-18(28-2)10-8-17/h3-10,12,16H,11,13H2,1-2H3,(H,23,27). The third-order valence-corrected chi connectivity index (χ3v) is 4.92. The smallest absolute Gasteiger partial charge is 0.273 e. The minimum atomic E-state index is -0.360. The van der Waals surface area contributed by atoms with Crippen LogP contribution in [0.5, 0.6) is 5.75 Å². The summed E-state index contributed by atoms with van der Waals surface area (Å²) in [5.74, 6) is 0.848. The molecule has 1 unspecified atom stereocenters. The Hall–Kier alpha value is -3.61. The van der Waals surface area contributed by atoms with E-state index in [0.29, 0.717) is 12.3 Å². The fourth-order valence-electron chi connectivity index (χ4n) is 3.31. The topological polar surface area (TPSA) is 84.7 Å². The van der Waals surface area contributed by atoms with E-state index in [1.54, 1.807) is 30.2 Å². The van der Waals surface area contributed by atoms with Crippen LogP contribution >= 0.6 is 0 Å².